The quantitative estimate of drug-likeness (QED) is 0.808. The molecule has 0 aliphatic carbocycles. The van der Waals surface area contributed by atoms with E-state index in [9.17, 15) is 4.79 Å². The van der Waals surface area contributed by atoms with Gasteiger partial charge in [0.05, 0.1) is 18.5 Å². The van der Waals surface area contributed by atoms with Gasteiger partial charge in [0.1, 0.15) is 5.75 Å². The van der Waals surface area contributed by atoms with Crippen molar-refractivity contribution in [2.45, 2.75) is 6.92 Å². The number of rotatable bonds is 5. The van der Waals surface area contributed by atoms with Gasteiger partial charge in [-0.1, -0.05) is 13.0 Å². The van der Waals surface area contributed by atoms with Crippen molar-refractivity contribution in [1.82, 2.24) is 4.90 Å². The number of nitrogens with two attached hydrogens (primary N) is 1. The molecule has 0 saturated carbocycles. The highest BCUT2D eigenvalue weighted by atomic mass is 16.5. The lowest BCUT2D eigenvalue weighted by Gasteiger charge is -2.36. The third kappa shape index (κ3) is 4.08. The second kappa shape index (κ2) is 8.10. The lowest BCUT2D eigenvalue weighted by atomic mass is 10.1. The molecule has 1 saturated heterocycles. The number of carbonyl (C=O) groups is 1. The van der Waals surface area contributed by atoms with Gasteiger partial charge in [-0.15, -0.1) is 0 Å². The first kappa shape index (κ1) is 18.1. The molecular formula is C20H26N4O2. The molecule has 0 spiro atoms. The van der Waals surface area contributed by atoms with E-state index in [1.807, 2.05) is 24.3 Å². The lowest BCUT2D eigenvalue weighted by molar-refractivity contribution is 0.102. The fourth-order valence-electron chi connectivity index (χ4n) is 3.19. The van der Waals surface area contributed by atoms with Crippen molar-refractivity contribution in [2.24, 2.45) is 0 Å². The summed E-state index contributed by atoms with van der Waals surface area (Å²) in [6.45, 7) is 7.29. The average molecular weight is 354 g/mol. The van der Waals surface area contributed by atoms with Crippen molar-refractivity contribution in [1.29, 1.82) is 0 Å². The number of hydrogen-bond donors (Lipinski definition) is 2. The van der Waals surface area contributed by atoms with Gasteiger partial charge in [0.15, 0.2) is 0 Å². The van der Waals surface area contributed by atoms with Crippen molar-refractivity contribution in [2.75, 3.05) is 55.8 Å². The molecule has 0 atom stereocenters. The molecule has 1 aliphatic heterocycles. The van der Waals surface area contributed by atoms with E-state index in [1.54, 1.807) is 25.3 Å². The number of amides is 1. The van der Waals surface area contributed by atoms with Crippen LogP contribution in [0.2, 0.25) is 0 Å². The Bertz CT molecular complexity index is 770. The fourth-order valence-corrected chi connectivity index (χ4v) is 3.19. The van der Waals surface area contributed by atoms with Crippen LogP contribution in [-0.4, -0.2) is 50.6 Å². The maximum Gasteiger partial charge on any atom is 0.255 e. The Morgan fingerprint density at radius 2 is 1.92 bits per heavy atom. The minimum absolute atomic E-state index is 0.187. The number of nitrogens with zero attached hydrogens (tertiary/aromatic N) is 2. The largest absolute Gasteiger partial charge is 0.497 e. The van der Waals surface area contributed by atoms with Gasteiger partial charge in [0.25, 0.3) is 5.91 Å². The number of piperazine rings is 1. The first-order valence-electron chi connectivity index (χ1n) is 8.93. The van der Waals surface area contributed by atoms with Gasteiger partial charge in [-0.3, -0.25) is 4.79 Å². The first-order chi connectivity index (χ1) is 12.6. The standard InChI is InChI=1S/C20H26N4O2/c1-3-23-9-11-24(12-10-23)19-8-7-16(14-18(19)21)22-20(25)15-5-4-6-17(13-15)26-2/h4-8,13-14H,3,9-12,21H2,1-2H3,(H,22,25). The van der Waals surface area contributed by atoms with Crippen LogP contribution >= 0.6 is 0 Å². The Balaban J connectivity index is 1.68. The Kier molecular flexibility index (Phi) is 5.63. The van der Waals surface area contributed by atoms with Crippen LogP contribution in [0.3, 0.4) is 0 Å². The second-order valence-corrected chi connectivity index (χ2v) is 6.38. The summed E-state index contributed by atoms with van der Waals surface area (Å²) >= 11 is 0. The van der Waals surface area contributed by atoms with E-state index in [-0.39, 0.29) is 5.91 Å². The van der Waals surface area contributed by atoms with Gasteiger partial charge in [-0.25, -0.2) is 0 Å². The predicted octanol–water partition coefficient (Wildman–Crippen LogP) is 2.67. The van der Waals surface area contributed by atoms with E-state index in [1.165, 1.54) is 0 Å². The minimum Gasteiger partial charge on any atom is -0.497 e. The van der Waals surface area contributed by atoms with Crippen molar-refractivity contribution >= 4 is 23.0 Å². The number of nitrogen functional groups attached to an aromatic ring is 1. The van der Waals surface area contributed by atoms with E-state index in [4.69, 9.17) is 10.5 Å². The van der Waals surface area contributed by atoms with E-state index in [2.05, 4.69) is 22.0 Å². The van der Waals surface area contributed by atoms with Crippen LogP contribution in [0.25, 0.3) is 0 Å². The van der Waals surface area contributed by atoms with Crippen molar-refractivity contribution in [3.63, 3.8) is 0 Å². The third-order valence-corrected chi connectivity index (χ3v) is 4.78. The molecule has 6 heteroatoms. The average Bonchev–Trinajstić information content (AvgIpc) is 2.68. The fraction of sp³-hybridized carbons (Fsp3) is 0.350. The van der Waals surface area contributed by atoms with Crippen LogP contribution in [0.1, 0.15) is 17.3 Å². The summed E-state index contributed by atoms with van der Waals surface area (Å²) in [6.07, 6.45) is 0. The monoisotopic (exact) mass is 354 g/mol. The van der Waals surface area contributed by atoms with Gasteiger partial charge in [-0.05, 0) is 42.9 Å². The number of methoxy groups -OCH3 is 1. The number of benzene rings is 2. The van der Waals surface area contributed by atoms with Gasteiger partial charge in [0, 0.05) is 37.4 Å². The summed E-state index contributed by atoms with van der Waals surface area (Å²) in [5.74, 6) is 0.464. The van der Waals surface area contributed by atoms with E-state index in [0.717, 1.165) is 38.4 Å². The molecule has 26 heavy (non-hydrogen) atoms. The highest BCUT2D eigenvalue weighted by molar-refractivity contribution is 6.04. The van der Waals surface area contributed by atoms with Crippen LogP contribution in [-0.2, 0) is 0 Å². The summed E-state index contributed by atoms with van der Waals surface area (Å²) in [5.41, 5.74) is 9.19. The molecule has 0 radical (unpaired) electrons. The Morgan fingerprint density at radius 3 is 2.58 bits per heavy atom. The number of nitrogens with one attached hydrogen (secondary N) is 1. The van der Waals surface area contributed by atoms with Crippen molar-refractivity contribution in [3.05, 3.63) is 48.0 Å². The van der Waals surface area contributed by atoms with E-state index >= 15 is 0 Å². The van der Waals surface area contributed by atoms with E-state index in [0.29, 0.717) is 22.7 Å². The zero-order valence-corrected chi connectivity index (χ0v) is 15.4. The molecule has 138 valence electrons. The molecule has 0 unspecified atom stereocenters. The molecule has 2 aromatic carbocycles. The normalized spacial score (nSPS) is 14.9. The van der Waals surface area contributed by atoms with Gasteiger partial charge in [-0.2, -0.15) is 0 Å². The molecule has 3 N–H and O–H groups in total. The maximum absolute atomic E-state index is 12.4. The molecule has 1 aliphatic rings. The highest BCUT2D eigenvalue weighted by Crippen LogP contribution is 2.28. The van der Waals surface area contributed by atoms with Crippen molar-refractivity contribution in [3.8, 4) is 5.75 Å². The molecule has 0 bridgehead atoms. The lowest BCUT2D eigenvalue weighted by Crippen LogP contribution is -2.46. The highest BCUT2D eigenvalue weighted by Gasteiger charge is 2.18. The van der Waals surface area contributed by atoms with Crippen LogP contribution in [0.4, 0.5) is 17.1 Å². The molecule has 3 rings (SSSR count). The number of likely N-dealkylation sites (N-methyl/N-ethyl adjacent to an activating group) is 1. The smallest absolute Gasteiger partial charge is 0.255 e. The number of carbonyl (C=O) groups excluding carboxylic acids is 1. The molecule has 2 aromatic rings. The van der Waals surface area contributed by atoms with Crippen LogP contribution in [0, 0.1) is 0 Å². The number of anilines is 3. The van der Waals surface area contributed by atoms with Gasteiger partial charge >= 0.3 is 0 Å². The van der Waals surface area contributed by atoms with Crippen LogP contribution < -0.4 is 20.7 Å². The minimum atomic E-state index is -0.187. The summed E-state index contributed by atoms with van der Waals surface area (Å²) in [6, 6.07) is 12.8. The molecule has 6 nitrogen and oxygen atoms in total. The summed E-state index contributed by atoms with van der Waals surface area (Å²) < 4.78 is 5.16. The summed E-state index contributed by atoms with van der Waals surface area (Å²) in [5, 5.41) is 2.90. The van der Waals surface area contributed by atoms with Crippen LogP contribution in [0.5, 0.6) is 5.75 Å². The topological polar surface area (TPSA) is 70.8 Å². The molecule has 1 fully saturated rings. The number of ether oxygens (including phenoxy) is 1. The second-order valence-electron chi connectivity index (χ2n) is 6.38. The molecule has 0 aromatic heterocycles. The van der Waals surface area contributed by atoms with E-state index < -0.39 is 0 Å². The summed E-state index contributed by atoms with van der Waals surface area (Å²) in [7, 11) is 1.58. The zero-order valence-electron chi connectivity index (χ0n) is 15.4. The Morgan fingerprint density at radius 1 is 1.15 bits per heavy atom. The van der Waals surface area contributed by atoms with Gasteiger partial charge < -0.3 is 25.6 Å². The van der Waals surface area contributed by atoms with Gasteiger partial charge in [0.2, 0.25) is 0 Å². The first-order valence-corrected chi connectivity index (χ1v) is 8.93. The summed E-state index contributed by atoms with van der Waals surface area (Å²) in [4.78, 5) is 17.2. The predicted molar refractivity (Wildman–Crippen MR) is 106 cm³/mol. The third-order valence-electron chi connectivity index (χ3n) is 4.78. The number of hydrogen-bond acceptors (Lipinski definition) is 5. The Hall–Kier alpha value is -2.73. The SMILES string of the molecule is CCN1CCN(c2ccc(NC(=O)c3cccc(OC)c3)cc2N)CC1. The van der Waals surface area contributed by atoms with Crippen LogP contribution in [0.15, 0.2) is 42.5 Å². The molecule has 1 heterocycles. The molecular weight excluding hydrogens is 328 g/mol. The maximum atomic E-state index is 12.4. The van der Waals surface area contributed by atoms with Crippen molar-refractivity contribution < 1.29 is 9.53 Å². The molecule has 1 amide bonds. The Labute approximate surface area is 154 Å². The zero-order chi connectivity index (χ0) is 18.5.